The number of carbonyl (C=O) groups excluding carboxylic acids is 2. The first-order chi connectivity index (χ1) is 9.97. The quantitative estimate of drug-likeness (QED) is 0.868. The van der Waals surface area contributed by atoms with Crippen molar-refractivity contribution in [1.29, 1.82) is 0 Å². The maximum absolute atomic E-state index is 12.3. The van der Waals surface area contributed by atoms with Crippen LogP contribution in [0.3, 0.4) is 0 Å². The fourth-order valence-corrected chi connectivity index (χ4v) is 1.61. The number of aryl methyl sites for hydroxylation is 1. The summed E-state index contributed by atoms with van der Waals surface area (Å²) in [5, 5.41) is 5.85. The van der Waals surface area contributed by atoms with Crippen molar-refractivity contribution in [1.82, 2.24) is 0 Å². The van der Waals surface area contributed by atoms with Crippen molar-refractivity contribution in [3.05, 3.63) is 23.8 Å². The average molecular weight is 304 g/mol. The first kappa shape index (κ1) is 18.2. The predicted molar refractivity (Wildman–Crippen MR) is 92.0 cm³/mol. The lowest BCUT2D eigenvalue weighted by atomic mass is 9.89. The lowest BCUT2D eigenvalue weighted by Crippen LogP contribution is -2.30. The molecule has 0 atom stereocenters. The van der Waals surface area contributed by atoms with Crippen molar-refractivity contribution < 1.29 is 9.59 Å². The molecule has 122 valence electrons. The van der Waals surface area contributed by atoms with Gasteiger partial charge in [-0.3, -0.25) is 9.59 Å². The summed E-state index contributed by atoms with van der Waals surface area (Å²) >= 11 is 0. The third-order valence-electron chi connectivity index (χ3n) is 3.92. The molecular weight excluding hydrogens is 276 g/mol. The largest absolute Gasteiger partial charge is 0.326 e. The number of benzene rings is 1. The van der Waals surface area contributed by atoms with Crippen LogP contribution >= 0.6 is 0 Å². The second kappa shape index (κ2) is 6.51. The highest BCUT2D eigenvalue weighted by Crippen LogP contribution is 2.26. The van der Waals surface area contributed by atoms with Crippen molar-refractivity contribution in [3.63, 3.8) is 0 Å². The molecule has 0 bridgehead atoms. The molecule has 1 aromatic carbocycles. The van der Waals surface area contributed by atoms with Gasteiger partial charge in [0.05, 0.1) is 0 Å². The second-order valence-electron chi connectivity index (χ2n) is 7.43. The van der Waals surface area contributed by atoms with Gasteiger partial charge in [-0.2, -0.15) is 0 Å². The Balaban J connectivity index is 2.96. The summed E-state index contributed by atoms with van der Waals surface area (Å²) in [6.07, 6.45) is 0.762. The van der Waals surface area contributed by atoms with Gasteiger partial charge >= 0.3 is 0 Å². The van der Waals surface area contributed by atoms with Crippen molar-refractivity contribution in [3.8, 4) is 0 Å². The summed E-state index contributed by atoms with van der Waals surface area (Å²) < 4.78 is 0. The number of amides is 2. The number of rotatable bonds is 4. The Hall–Kier alpha value is -1.84. The van der Waals surface area contributed by atoms with Crippen LogP contribution in [0.1, 0.15) is 53.5 Å². The van der Waals surface area contributed by atoms with E-state index < -0.39 is 10.8 Å². The maximum Gasteiger partial charge on any atom is 0.230 e. The van der Waals surface area contributed by atoms with Gasteiger partial charge in [-0.1, -0.05) is 47.6 Å². The first-order valence-electron chi connectivity index (χ1n) is 7.71. The van der Waals surface area contributed by atoms with E-state index in [-0.39, 0.29) is 11.8 Å². The summed E-state index contributed by atoms with van der Waals surface area (Å²) in [7, 11) is 0. The second-order valence-corrected chi connectivity index (χ2v) is 7.43. The van der Waals surface area contributed by atoms with E-state index in [1.165, 1.54) is 0 Å². The van der Waals surface area contributed by atoms with Crippen molar-refractivity contribution in [2.75, 3.05) is 10.6 Å². The molecule has 0 spiro atoms. The Bertz CT molecular complexity index is 569. The van der Waals surface area contributed by atoms with Gasteiger partial charge < -0.3 is 10.6 Å². The topological polar surface area (TPSA) is 58.2 Å². The molecule has 0 radical (unpaired) electrons. The minimum Gasteiger partial charge on any atom is -0.326 e. The lowest BCUT2D eigenvalue weighted by Gasteiger charge is -2.23. The summed E-state index contributed by atoms with van der Waals surface area (Å²) in [6, 6.07) is 5.55. The summed E-state index contributed by atoms with van der Waals surface area (Å²) in [4.78, 5) is 24.4. The van der Waals surface area contributed by atoms with Crippen LogP contribution in [0.15, 0.2) is 18.2 Å². The van der Waals surface area contributed by atoms with Gasteiger partial charge in [-0.05, 0) is 31.0 Å². The number of hydrogen-bond acceptors (Lipinski definition) is 2. The fourth-order valence-electron chi connectivity index (χ4n) is 1.61. The number of carbonyl (C=O) groups is 2. The molecular formula is C18H28N2O2. The average Bonchev–Trinajstić information content (AvgIpc) is 2.41. The Kier molecular flexibility index (Phi) is 5.39. The molecule has 0 aromatic heterocycles. The Morgan fingerprint density at radius 2 is 1.59 bits per heavy atom. The molecule has 1 rings (SSSR count). The molecule has 0 saturated heterocycles. The zero-order chi connectivity index (χ0) is 17.1. The van der Waals surface area contributed by atoms with Crippen LogP contribution in [0.4, 0.5) is 11.4 Å². The highest BCUT2D eigenvalue weighted by molar-refractivity contribution is 5.98. The SMILES string of the molecule is CCC(C)(C)C(=O)Nc1cc(NC(=O)C(C)(C)C)ccc1C. The van der Waals surface area contributed by atoms with Gasteiger partial charge in [-0.25, -0.2) is 0 Å². The monoisotopic (exact) mass is 304 g/mol. The molecule has 0 aliphatic rings. The van der Waals surface area contributed by atoms with E-state index in [0.717, 1.165) is 17.7 Å². The molecule has 0 saturated carbocycles. The van der Waals surface area contributed by atoms with E-state index in [4.69, 9.17) is 0 Å². The van der Waals surface area contributed by atoms with E-state index in [2.05, 4.69) is 10.6 Å². The van der Waals surface area contributed by atoms with Gasteiger partial charge in [0.25, 0.3) is 0 Å². The van der Waals surface area contributed by atoms with Gasteiger partial charge in [0.1, 0.15) is 0 Å². The molecule has 0 unspecified atom stereocenters. The molecule has 0 heterocycles. The zero-order valence-electron chi connectivity index (χ0n) is 14.8. The summed E-state index contributed by atoms with van der Waals surface area (Å²) in [5.41, 5.74) is 1.51. The van der Waals surface area contributed by atoms with E-state index in [1.54, 1.807) is 0 Å². The van der Waals surface area contributed by atoms with Crippen LogP contribution in [-0.4, -0.2) is 11.8 Å². The standard InChI is InChI=1S/C18H28N2O2/c1-8-18(6,7)16(22)20-14-11-13(10-9-12(14)2)19-15(21)17(3,4)5/h9-11H,8H2,1-7H3,(H,19,21)(H,20,22). The maximum atomic E-state index is 12.3. The van der Waals surface area contributed by atoms with Crippen LogP contribution in [0.5, 0.6) is 0 Å². The number of hydrogen-bond donors (Lipinski definition) is 2. The van der Waals surface area contributed by atoms with Gasteiger partial charge in [0, 0.05) is 22.2 Å². The van der Waals surface area contributed by atoms with Crippen molar-refractivity contribution in [2.24, 2.45) is 10.8 Å². The Morgan fingerprint density at radius 3 is 2.09 bits per heavy atom. The van der Waals surface area contributed by atoms with E-state index in [1.807, 2.05) is 66.7 Å². The van der Waals surface area contributed by atoms with Gasteiger partial charge in [0.2, 0.25) is 11.8 Å². The van der Waals surface area contributed by atoms with E-state index in [0.29, 0.717) is 5.69 Å². The molecule has 4 heteroatoms. The zero-order valence-corrected chi connectivity index (χ0v) is 14.8. The fraction of sp³-hybridized carbons (Fsp3) is 0.556. The van der Waals surface area contributed by atoms with Crippen LogP contribution in [-0.2, 0) is 9.59 Å². The molecule has 0 aliphatic carbocycles. The normalized spacial score (nSPS) is 12.0. The van der Waals surface area contributed by atoms with E-state index in [9.17, 15) is 9.59 Å². The van der Waals surface area contributed by atoms with Gasteiger partial charge in [0.15, 0.2) is 0 Å². The first-order valence-corrected chi connectivity index (χ1v) is 7.71. The third kappa shape index (κ3) is 4.58. The van der Waals surface area contributed by atoms with E-state index >= 15 is 0 Å². The molecule has 22 heavy (non-hydrogen) atoms. The number of anilines is 2. The Morgan fingerprint density at radius 1 is 1.00 bits per heavy atom. The minimum atomic E-state index is -0.460. The third-order valence-corrected chi connectivity index (χ3v) is 3.92. The van der Waals surface area contributed by atoms with Crippen LogP contribution in [0.2, 0.25) is 0 Å². The van der Waals surface area contributed by atoms with Crippen molar-refractivity contribution >= 4 is 23.2 Å². The van der Waals surface area contributed by atoms with Crippen LogP contribution in [0.25, 0.3) is 0 Å². The smallest absolute Gasteiger partial charge is 0.230 e. The van der Waals surface area contributed by atoms with Crippen LogP contribution < -0.4 is 10.6 Å². The highest BCUT2D eigenvalue weighted by atomic mass is 16.2. The van der Waals surface area contributed by atoms with Crippen LogP contribution in [0, 0.1) is 17.8 Å². The minimum absolute atomic E-state index is 0.0163. The van der Waals surface area contributed by atoms with Gasteiger partial charge in [-0.15, -0.1) is 0 Å². The summed E-state index contributed by atoms with van der Waals surface area (Å²) in [6.45, 7) is 13.4. The molecule has 0 aliphatic heterocycles. The molecule has 0 fully saturated rings. The molecule has 1 aromatic rings. The Labute approximate surface area is 133 Å². The predicted octanol–water partition coefficient (Wildman–Crippen LogP) is 4.35. The highest BCUT2D eigenvalue weighted by Gasteiger charge is 2.26. The lowest BCUT2D eigenvalue weighted by molar-refractivity contribution is -0.124. The molecule has 4 nitrogen and oxygen atoms in total. The van der Waals surface area contributed by atoms with Crippen molar-refractivity contribution in [2.45, 2.75) is 54.9 Å². The molecule has 2 amide bonds. The molecule has 2 N–H and O–H groups in total. The summed E-state index contributed by atoms with van der Waals surface area (Å²) in [5.74, 6) is -0.0695. The number of nitrogens with one attached hydrogen (secondary N) is 2.